The second-order valence-electron chi connectivity index (χ2n) is 28.1. The van der Waals surface area contributed by atoms with E-state index in [0.717, 1.165) is 51.4 Å². The van der Waals surface area contributed by atoms with Crippen LogP contribution in [0.1, 0.15) is 406 Å². The number of nitrogens with one attached hydrogen (secondary N) is 1. The van der Waals surface area contributed by atoms with Gasteiger partial charge in [0.15, 0.2) is 6.29 Å². The summed E-state index contributed by atoms with van der Waals surface area (Å²) in [5.41, 5.74) is 0. The Labute approximate surface area is 568 Å². The zero-order valence-electron chi connectivity index (χ0n) is 60.5. The van der Waals surface area contributed by atoms with Crippen molar-refractivity contribution in [2.45, 2.75) is 448 Å². The first-order valence-corrected chi connectivity index (χ1v) is 40.3. The number of hydrogen-bond donors (Lipinski definition) is 6. The first-order valence-electron chi connectivity index (χ1n) is 40.3. The lowest BCUT2D eigenvalue weighted by molar-refractivity contribution is -0.302. The lowest BCUT2D eigenvalue weighted by Crippen LogP contribution is -2.60. The number of allylic oxidation sites excluding steroid dienone is 5. The fourth-order valence-electron chi connectivity index (χ4n) is 12.9. The maximum Gasteiger partial charge on any atom is 0.305 e. The summed E-state index contributed by atoms with van der Waals surface area (Å²) in [6.45, 7) is 4.38. The van der Waals surface area contributed by atoms with E-state index in [0.29, 0.717) is 19.4 Å². The van der Waals surface area contributed by atoms with Gasteiger partial charge in [0.2, 0.25) is 5.91 Å². The molecule has 1 saturated heterocycles. The summed E-state index contributed by atoms with van der Waals surface area (Å²) in [5.74, 6) is -0.169. The molecule has 1 fully saturated rings. The number of esters is 1. The Morgan fingerprint density at radius 2 is 0.707 bits per heavy atom. The Morgan fingerprint density at radius 3 is 1.08 bits per heavy atom. The zero-order valence-corrected chi connectivity index (χ0v) is 60.5. The Morgan fingerprint density at radius 1 is 0.391 bits per heavy atom. The SMILES string of the molecule is CCCCCCCCCCC/C=C/CC/C=C/C(O)C(COC1OC(CO)C(O)C(O)C1O)NC(=O)CCCCCCCCCCCCCCCCCCC/C=C\CCCCCCCCCCCCCCCCCCOC(=O)CCCCCCCCCCCCCC. The number of hydrogen-bond acceptors (Lipinski definition) is 10. The average Bonchev–Trinajstić information content (AvgIpc) is 0.989. The van der Waals surface area contributed by atoms with Gasteiger partial charge < -0.3 is 45.1 Å². The van der Waals surface area contributed by atoms with Crippen LogP contribution >= 0.6 is 0 Å². The van der Waals surface area contributed by atoms with E-state index < -0.39 is 49.5 Å². The molecule has 0 aromatic carbocycles. The molecule has 1 aliphatic rings. The van der Waals surface area contributed by atoms with Gasteiger partial charge in [-0.15, -0.1) is 0 Å². The third-order valence-corrected chi connectivity index (χ3v) is 19.2. The third-order valence-electron chi connectivity index (χ3n) is 19.2. The second kappa shape index (κ2) is 70.2. The molecule has 6 N–H and O–H groups in total. The van der Waals surface area contributed by atoms with Crippen LogP contribution in [-0.4, -0.2) is 100 Å². The highest BCUT2D eigenvalue weighted by Crippen LogP contribution is 2.24. The topological polar surface area (TPSA) is 175 Å². The standard InChI is InChI=1S/C81H153NO10/c1-3-5-7-9-11-13-15-17-41-44-47-51-55-59-63-67-74(84)73(72-91-81-80(89)79(88)78(87)75(71-83)92-81)82-76(85)68-64-60-56-52-48-45-42-39-37-35-33-31-29-27-25-23-21-19-18-20-22-24-26-28-30-32-34-36-38-40-43-46-50-54-58-62-66-70-90-77(86)69-65-61-57-53-49-16-14-12-10-8-6-4-2/h18,20,47,51,63,67,73-75,78-81,83-84,87-89H,3-17,19,21-46,48-50,52-62,64-66,68-72H2,1-2H3,(H,82,85)/b20-18-,51-47+,67-63+. The van der Waals surface area contributed by atoms with Gasteiger partial charge in [0.05, 0.1) is 32.0 Å². The van der Waals surface area contributed by atoms with Crippen molar-refractivity contribution in [2.75, 3.05) is 19.8 Å². The fraction of sp³-hybridized carbons (Fsp3) is 0.901. The number of rotatable bonds is 72. The fourth-order valence-corrected chi connectivity index (χ4v) is 12.9. The summed E-state index contributed by atoms with van der Waals surface area (Å²) in [7, 11) is 0. The van der Waals surface area contributed by atoms with Gasteiger partial charge in [0.25, 0.3) is 0 Å². The van der Waals surface area contributed by atoms with Gasteiger partial charge in [-0.25, -0.2) is 0 Å². The van der Waals surface area contributed by atoms with Gasteiger partial charge in [-0.1, -0.05) is 359 Å². The average molecular weight is 1300 g/mol. The molecule has 11 heteroatoms. The lowest BCUT2D eigenvalue weighted by Gasteiger charge is -2.40. The summed E-state index contributed by atoms with van der Waals surface area (Å²) in [4.78, 5) is 25.2. The van der Waals surface area contributed by atoms with Crippen LogP contribution in [0.15, 0.2) is 36.5 Å². The molecule has 0 aromatic rings. The van der Waals surface area contributed by atoms with Crippen molar-refractivity contribution >= 4 is 11.9 Å². The molecule has 0 bridgehead atoms. The largest absolute Gasteiger partial charge is 0.466 e. The number of unbranched alkanes of at least 4 members (excludes halogenated alkanes) is 54. The van der Waals surface area contributed by atoms with Crippen molar-refractivity contribution in [2.24, 2.45) is 0 Å². The number of aliphatic hydroxyl groups is 5. The summed E-state index contributed by atoms with van der Waals surface area (Å²) in [6, 6.07) is -0.825. The number of amides is 1. The van der Waals surface area contributed by atoms with Crippen LogP contribution in [0, 0.1) is 0 Å². The van der Waals surface area contributed by atoms with E-state index in [1.54, 1.807) is 6.08 Å². The summed E-state index contributed by atoms with van der Waals surface area (Å²) >= 11 is 0. The van der Waals surface area contributed by atoms with Gasteiger partial charge in [0.1, 0.15) is 24.4 Å². The molecule has 7 atom stereocenters. The monoisotopic (exact) mass is 1300 g/mol. The predicted molar refractivity (Wildman–Crippen MR) is 389 cm³/mol. The molecule has 0 aliphatic carbocycles. The second-order valence-corrected chi connectivity index (χ2v) is 28.1. The first-order chi connectivity index (χ1) is 45.2. The Kier molecular flexibility index (Phi) is 67.1. The minimum Gasteiger partial charge on any atom is -0.466 e. The number of carbonyl (C=O) groups excluding carboxylic acids is 2. The highest BCUT2D eigenvalue weighted by Gasteiger charge is 2.44. The molecule has 92 heavy (non-hydrogen) atoms. The molecule has 1 aliphatic heterocycles. The highest BCUT2D eigenvalue weighted by atomic mass is 16.7. The molecule has 1 rings (SSSR count). The van der Waals surface area contributed by atoms with Crippen LogP contribution in [0.2, 0.25) is 0 Å². The maximum absolute atomic E-state index is 13.1. The van der Waals surface area contributed by atoms with Crippen molar-refractivity contribution in [1.29, 1.82) is 0 Å². The molecule has 0 spiro atoms. The van der Waals surface area contributed by atoms with Crippen molar-refractivity contribution in [1.82, 2.24) is 5.32 Å². The number of aliphatic hydroxyl groups excluding tert-OH is 5. The molecule has 1 amide bonds. The Bertz CT molecular complexity index is 1620. The van der Waals surface area contributed by atoms with Crippen molar-refractivity contribution < 1.29 is 49.3 Å². The van der Waals surface area contributed by atoms with E-state index in [9.17, 15) is 35.1 Å². The van der Waals surface area contributed by atoms with Gasteiger partial charge >= 0.3 is 5.97 Å². The molecule has 542 valence electrons. The van der Waals surface area contributed by atoms with Gasteiger partial charge in [-0.2, -0.15) is 0 Å². The van der Waals surface area contributed by atoms with Crippen LogP contribution in [0.25, 0.3) is 0 Å². The predicted octanol–water partition coefficient (Wildman–Crippen LogP) is 21.7. The number of ether oxygens (including phenoxy) is 3. The van der Waals surface area contributed by atoms with E-state index in [2.05, 4.69) is 43.5 Å². The van der Waals surface area contributed by atoms with Crippen LogP contribution < -0.4 is 5.32 Å². The summed E-state index contributed by atoms with van der Waals surface area (Å²) in [6.07, 6.45) is 81.8. The third kappa shape index (κ3) is 58.1. The van der Waals surface area contributed by atoms with Crippen molar-refractivity contribution in [3.63, 3.8) is 0 Å². The van der Waals surface area contributed by atoms with Gasteiger partial charge in [0, 0.05) is 12.8 Å². The summed E-state index contributed by atoms with van der Waals surface area (Å²) < 4.78 is 16.8. The van der Waals surface area contributed by atoms with Gasteiger partial charge in [-0.05, 0) is 70.6 Å². The quantitative estimate of drug-likeness (QED) is 0.0195. The molecule has 0 aromatic heterocycles. The molecule has 11 nitrogen and oxygen atoms in total. The minimum absolute atomic E-state index is 0.0164. The molecule has 1 heterocycles. The number of carbonyl (C=O) groups is 2. The van der Waals surface area contributed by atoms with Crippen LogP contribution in [0.3, 0.4) is 0 Å². The minimum atomic E-state index is -1.58. The van der Waals surface area contributed by atoms with Crippen molar-refractivity contribution in [3.8, 4) is 0 Å². The van der Waals surface area contributed by atoms with Gasteiger partial charge in [-0.3, -0.25) is 9.59 Å². The van der Waals surface area contributed by atoms with Crippen LogP contribution in [0.4, 0.5) is 0 Å². The van der Waals surface area contributed by atoms with Crippen molar-refractivity contribution in [3.05, 3.63) is 36.5 Å². The summed E-state index contributed by atoms with van der Waals surface area (Å²) in [5, 5.41) is 54.6. The van der Waals surface area contributed by atoms with E-state index in [4.69, 9.17) is 14.2 Å². The maximum atomic E-state index is 13.1. The van der Waals surface area contributed by atoms with E-state index >= 15 is 0 Å². The Balaban J connectivity index is 1.93. The Hall–Kier alpha value is -2.12. The molecular weight excluding hydrogens is 1150 g/mol. The van der Waals surface area contributed by atoms with E-state index in [1.165, 1.54) is 327 Å². The van der Waals surface area contributed by atoms with Crippen LogP contribution in [-0.2, 0) is 23.8 Å². The van der Waals surface area contributed by atoms with E-state index in [-0.39, 0.29) is 18.5 Å². The van der Waals surface area contributed by atoms with E-state index in [1.807, 2.05) is 6.08 Å². The molecule has 7 unspecified atom stereocenters. The normalized spacial score (nSPS) is 17.7. The lowest BCUT2D eigenvalue weighted by atomic mass is 9.99. The first kappa shape index (κ1) is 87.9. The zero-order chi connectivity index (χ0) is 66.5. The molecule has 0 radical (unpaired) electrons. The highest BCUT2D eigenvalue weighted by molar-refractivity contribution is 5.76. The smallest absolute Gasteiger partial charge is 0.305 e. The molecular formula is C81H153NO10. The van der Waals surface area contributed by atoms with Crippen LogP contribution in [0.5, 0.6) is 0 Å². The molecule has 0 saturated carbocycles.